The number of carbonyl (C=O) groups excluding carboxylic acids is 5. The number of hydrogen-bond acceptors (Lipinski definition) is 6. The zero-order chi connectivity index (χ0) is 16.0. The molecule has 0 aromatic rings. The minimum Gasteiger partial charge on any atom is -0.333 e. The van der Waals surface area contributed by atoms with Crippen molar-refractivity contribution in [3.05, 3.63) is 0 Å². The van der Waals surface area contributed by atoms with Crippen molar-refractivity contribution in [2.24, 2.45) is 0 Å². The summed E-state index contributed by atoms with van der Waals surface area (Å²) in [6.07, 6.45) is 0. The molecule has 0 aliphatic heterocycles. The van der Waals surface area contributed by atoms with Crippen LogP contribution in [-0.2, 0) is 34.5 Å². The Kier molecular flexibility index (Phi) is 5.63. The van der Waals surface area contributed by atoms with Gasteiger partial charge < -0.3 is 4.48 Å². The number of quaternary nitrogens is 1. The fraction of sp³-hybridized carbons (Fsp3) is 0.455. The number of hydrogen-bond donors (Lipinski definition) is 1. The SMILES string of the molecule is C[C](O)=[Cr]([CH]=O)([CH]=O)([CH]=O)([CH]=O)[CH]=O.C[N+](C)(C)C. The molecular formula is C11H21CrNO6+. The van der Waals surface area contributed by atoms with Gasteiger partial charge in [-0.05, 0) is 0 Å². The van der Waals surface area contributed by atoms with E-state index in [1.807, 2.05) is 0 Å². The van der Waals surface area contributed by atoms with Gasteiger partial charge in [-0.2, -0.15) is 0 Å². The molecule has 8 heteroatoms. The van der Waals surface area contributed by atoms with Crippen molar-refractivity contribution in [1.82, 2.24) is 0 Å². The molecule has 7 nitrogen and oxygen atoms in total. The molecule has 111 valence electrons. The van der Waals surface area contributed by atoms with Crippen molar-refractivity contribution in [3.8, 4) is 0 Å². The molecule has 1 N–H and O–H groups in total. The molecule has 0 unspecified atom stereocenters. The maximum Gasteiger partial charge on any atom is 0.0675 e. The first-order valence-corrected chi connectivity index (χ1v) is 9.39. The van der Waals surface area contributed by atoms with Crippen molar-refractivity contribution in [2.75, 3.05) is 28.2 Å². The van der Waals surface area contributed by atoms with E-state index < -0.39 is 15.1 Å². The van der Waals surface area contributed by atoms with E-state index in [0.717, 1.165) is 11.4 Å². The third-order valence-electron chi connectivity index (χ3n) is 2.20. The average Bonchev–Trinajstić information content (AvgIpc) is 2.33. The summed E-state index contributed by atoms with van der Waals surface area (Å²) in [4.78, 5) is 54.0. The zero-order valence-electron chi connectivity index (χ0n) is 11.7. The molecular weight excluding hydrogens is 294 g/mol. The van der Waals surface area contributed by atoms with Crippen LogP contribution in [-0.4, -0.2) is 68.1 Å². The molecule has 0 aromatic carbocycles. The van der Waals surface area contributed by atoms with Gasteiger partial charge in [-0.3, -0.25) is 0 Å². The van der Waals surface area contributed by atoms with Gasteiger partial charge in [-0.15, -0.1) is 0 Å². The van der Waals surface area contributed by atoms with E-state index in [1.165, 1.54) is 0 Å². The molecule has 19 heavy (non-hydrogen) atoms. The van der Waals surface area contributed by atoms with Crippen LogP contribution < -0.4 is 0 Å². The molecule has 0 aliphatic rings. The first kappa shape index (κ1) is 20.0. The van der Waals surface area contributed by atoms with Crippen LogP contribution in [0.3, 0.4) is 0 Å². The summed E-state index contributed by atoms with van der Waals surface area (Å²) >= 11 is 0. The van der Waals surface area contributed by atoms with Crippen molar-refractivity contribution in [3.63, 3.8) is 0 Å². The Morgan fingerprint density at radius 1 is 0.789 bits per heavy atom. The van der Waals surface area contributed by atoms with Gasteiger partial charge in [-0.1, -0.05) is 0 Å². The molecule has 0 saturated carbocycles. The molecule has 0 amide bonds. The van der Waals surface area contributed by atoms with Gasteiger partial charge in [0.15, 0.2) is 0 Å². The Labute approximate surface area is 110 Å². The van der Waals surface area contributed by atoms with Crippen molar-refractivity contribution < 1.29 is 44.1 Å². The molecule has 0 heterocycles. The van der Waals surface area contributed by atoms with Crippen LogP contribution in [0.1, 0.15) is 6.92 Å². The van der Waals surface area contributed by atoms with Crippen molar-refractivity contribution in [2.45, 2.75) is 6.92 Å². The van der Waals surface area contributed by atoms with Crippen LogP contribution >= 0.6 is 0 Å². The summed E-state index contributed by atoms with van der Waals surface area (Å²) in [7, 11) is 2.17. The smallest absolute Gasteiger partial charge is 0.0675 e. The minimum absolute atomic E-state index is 0.317. The van der Waals surface area contributed by atoms with Crippen LogP contribution in [0.4, 0.5) is 0 Å². The molecule has 0 spiro atoms. The number of aliphatic hydroxyl groups is 1. The van der Waals surface area contributed by atoms with E-state index in [1.54, 1.807) is 0 Å². The minimum atomic E-state index is -6.33. The maximum atomic E-state index is 10.8. The summed E-state index contributed by atoms with van der Waals surface area (Å²) in [6, 6.07) is 0. The van der Waals surface area contributed by atoms with Gasteiger partial charge in [-0.25, -0.2) is 0 Å². The molecule has 0 bridgehead atoms. The largest absolute Gasteiger partial charge is 0.333 e. The topological polar surface area (TPSA) is 106 Å². The predicted octanol–water partition coefficient (Wildman–Crippen LogP) is -0.993. The fourth-order valence-corrected chi connectivity index (χ4v) is 2.37. The summed E-state index contributed by atoms with van der Waals surface area (Å²) in [5.41, 5.74) is 0. The van der Waals surface area contributed by atoms with E-state index in [4.69, 9.17) is 0 Å². The fourth-order valence-electron chi connectivity index (χ4n) is 0.575. The van der Waals surface area contributed by atoms with E-state index in [2.05, 4.69) is 28.2 Å². The first-order chi connectivity index (χ1) is 8.37. The van der Waals surface area contributed by atoms with Gasteiger partial charge >= 0.3 is 76.8 Å². The van der Waals surface area contributed by atoms with Crippen LogP contribution in [0.5, 0.6) is 0 Å². The Morgan fingerprint density at radius 2 is 0.947 bits per heavy atom. The van der Waals surface area contributed by atoms with Crippen LogP contribution in [0, 0.1) is 0 Å². The second kappa shape index (κ2) is 5.35. The summed E-state index contributed by atoms with van der Waals surface area (Å²) in [5, 5.41) is 7.61. The van der Waals surface area contributed by atoms with E-state index >= 15 is 0 Å². The predicted molar refractivity (Wildman–Crippen MR) is 70.3 cm³/mol. The maximum absolute atomic E-state index is 10.8. The average molecular weight is 315 g/mol. The van der Waals surface area contributed by atoms with Crippen molar-refractivity contribution >= 4 is 30.3 Å². The molecule has 0 atom stereocenters. The summed E-state index contributed by atoms with van der Waals surface area (Å²) in [5.74, 6) is 0. The van der Waals surface area contributed by atoms with E-state index in [0.29, 0.717) is 0 Å². The molecule has 0 fully saturated rings. The van der Waals surface area contributed by atoms with Crippen LogP contribution in [0.15, 0.2) is 0 Å². The number of rotatable bonds is 5. The quantitative estimate of drug-likeness (QED) is 0.516. The molecule has 0 radical (unpaired) electrons. The second-order valence-electron chi connectivity index (χ2n) is 5.63. The van der Waals surface area contributed by atoms with Gasteiger partial charge in [0.25, 0.3) is 0 Å². The van der Waals surface area contributed by atoms with Gasteiger partial charge in [0, 0.05) is 0 Å². The summed E-state index contributed by atoms with van der Waals surface area (Å²) in [6.45, 7) is 0.815. The monoisotopic (exact) mass is 315 g/mol. The van der Waals surface area contributed by atoms with E-state index in [-0.39, 0.29) is 25.7 Å². The summed E-state index contributed by atoms with van der Waals surface area (Å²) < 4.78 is -0.0394. The molecule has 0 rings (SSSR count). The Morgan fingerprint density at radius 3 is 0.947 bits per heavy atom. The number of nitrogens with zero attached hydrogens (tertiary/aromatic N) is 1. The Bertz CT molecular complexity index is 415. The standard InChI is InChI=1S/C4H12N.C2H4O.5CHO.Cr/c1-5(2,3)4;1-2-3;5*1-2;/h1-4H3;3H,1H3;5*1H;/q+1;;;;;;;. The van der Waals surface area contributed by atoms with Crippen LogP contribution in [0.25, 0.3) is 0 Å². The zero-order valence-corrected chi connectivity index (χ0v) is 13.0. The Hall–Kier alpha value is -1.33. The third-order valence-corrected chi connectivity index (χ3v) is 9.09. The molecule has 0 aliphatic carbocycles. The normalized spacial score (nSPS) is 14.6. The third kappa shape index (κ3) is 3.17. The molecule has 0 saturated heterocycles. The molecule has 0 aromatic heterocycles. The van der Waals surface area contributed by atoms with Crippen molar-refractivity contribution in [1.29, 1.82) is 0 Å². The van der Waals surface area contributed by atoms with Gasteiger partial charge in [0.1, 0.15) is 0 Å². The van der Waals surface area contributed by atoms with E-state index in [9.17, 15) is 29.1 Å². The Balaban J connectivity index is 0. The van der Waals surface area contributed by atoms with Crippen LogP contribution in [0.2, 0.25) is 0 Å². The first-order valence-electron chi connectivity index (χ1n) is 5.07. The van der Waals surface area contributed by atoms with Gasteiger partial charge in [0.05, 0.1) is 28.2 Å². The number of carbonyl (C=O) groups is 5. The number of aliphatic hydroxyl groups excluding tert-OH is 1. The van der Waals surface area contributed by atoms with Gasteiger partial charge in [0.2, 0.25) is 0 Å². The second-order valence-corrected chi connectivity index (χ2v) is 14.1.